The third kappa shape index (κ3) is 3.43. The Balaban J connectivity index is 1.66. The highest BCUT2D eigenvalue weighted by molar-refractivity contribution is 7.98. The fraction of sp³-hybridized carbons (Fsp3) is 0.231. The molecular formula is C13H12ClN5OS. The Hall–Kier alpha value is -1.86. The molecule has 1 N–H and O–H groups in total. The highest BCUT2D eigenvalue weighted by atomic mass is 35.5. The number of hydrogen-bond donors (Lipinski definition) is 1. The van der Waals surface area contributed by atoms with Crippen molar-refractivity contribution >= 4 is 23.4 Å². The van der Waals surface area contributed by atoms with Crippen LogP contribution < -0.4 is 0 Å². The van der Waals surface area contributed by atoms with E-state index in [1.54, 1.807) is 12.1 Å². The molecule has 3 rings (SSSR count). The van der Waals surface area contributed by atoms with Crippen molar-refractivity contribution in [1.29, 1.82) is 0 Å². The molecule has 1 aromatic carbocycles. The summed E-state index contributed by atoms with van der Waals surface area (Å²) in [5.41, 5.74) is 0.866. The summed E-state index contributed by atoms with van der Waals surface area (Å²) in [5, 5.41) is 12.3. The SMILES string of the molecule is CCc1nc(SCc2nc(-c3ccc(Cl)cc3)no2)n[nH]1. The first-order chi connectivity index (χ1) is 10.2. The number of hydrogen-bond acceptors (Lipinski definition) is 6. The van der Waals surface area contributed by atoms with Crippen molar-refractivity contribution in [1.82, 2.24) is 25.3 Å². The molecule has 0 amide bonds. The van der Waals surface area contributed by atoms with Crippen LogP contribution in [0.25, 0.3) is 11.4 Å². The third-order valence-corrected chi connectivity index (χ3v) is 3.83. The molecule has 0 aliphatic rings. The number of aromatic nitrogens is 5. The first-order valence-electron chi connectivity index (χ1n) is 6.37. The van der Waals surface area contributed by atoms with Crippen molar-refractivity contribution in [2.24, 2.45) is 0 Å². The van der Waals surface area contributed by atoms with Crippen molar-refractivity contribution in [2.45, 2.75) is 24.3 Å². The van der Waals surface area contributed by atoms with E-state index in [4.69, 9.17) is 16.1 Å². The van der Waals surface area contributed by atoms with Gasteiger partial charge in [0, 0.05) is 17.0 Å². The number of aromatic amines is 1. The molecule has 108 valence electrons. The number of rotatable bonds is 5. The zero-order valence-corrected chi connectivity index (χ0v) is 12.8. The van der Waals surface area contributed by atoms with Crippen LogP contribution >= 0.6 is 23.4 Å². The molecule has 0 aliphatic carbocycles. The van der Waals surface area contributed by atoms with Gasteiger partial charge in [-0.2, -0.15) is 4.98 Å². The van der Waals surface area contributed by atoms with Gasteiger partial charge in [-0.25, -0.2) is 4.98 Å². The standard InChI is InChI=1S/C13H12ClN5OS/c1-2-10-15-13(18-17-10)21-7-11-16-12(19-20-11)8-3-5-9(14)6-4-8/h3-6H,2,7H2,1H3,(H,15,17,18). The maximum Gasteiger partial charge on any atom is 0.237 e. The summed E-state index contributed by atoms with van der Waals surface area (Å²) in [4.78, 5) is 8.65. The van der Waals surface area contributed by atoms with Crippen molar-refractivity contribution in [3.05, 3.63) is 41.0 Å². The topological polar surface area (TPSA) is 80.5 Å². The van der Waals surface area contributed by atoms with E-state index in [9.17, 15) is 0 Å². The monoisotopic (exact) mass is 321 g/mol. The van der Waals surface area contributed by atoms with E-state index >= 15 is 0 Å². The van der Waals surface area contributed by atoms with Crippen LogP contribution in [0, 0.1) is 0 Å². The van der Waals surface area contributed by atoms with Crippen LogP contribution in [-0.4, -0.2) is 25.3 Å². The molecule has 8 heteroatoms. The minimum Gasteiger partial charge on any atom is -0.338 e. The lowest BCUT2D eigenvalue weighted by molar-refractivity contribution is 0.391. The Bertz CT molecular complexity index is 724. The van der Waals surface area contributed by atoms with E-state index < -0.39 is 0 Å². The van der Waals surface area contributed by atoms with E-state index in [0.29, 0.717) is 27.6 Å². The number of halogens is 1. The van der Waals surface area contributed by atoms with Gasteiger partial charge >= 0.3 is 0 Å². The van der Waals surface area contributed by atoms with Gasteiger partial charge in [0.05, 0.1) is 5.75 Å². The largest absolute Gasteiger partial charge is 0.338 e. The van der Waals surface area contributed by atoms with Crippen molar-refractivity contribution in [2.75, 3.05) is 0 Å². The first kappa shape index (κ1) is 14.1. The maximum atomic E-state index is 5.85. The zero-order chi connectivity index (χ0) is 14.7. The quantitative estimate of drug-likeness (QED) is 0.726. The minimum absolute atomic E-state index is 0.529. The molecule has 0 aliphatic heterocycles. The Kier molecular flexibility index (Phi) is 4.21. The van der Waals surface area contributed by atoms with Gasteiger partial charge in [-0.3, -0.25) is 5.10 Å². The average molecular weight is 322 g/mol. The predicted molar refractivity (Wildman–Crippen MR) is 80.1 cm³/mol. The van der Waals surface area contributed by atoms with Gasteiger partial charge in [-0.1, -0.05) is 35.4 Å². The molecule has 0 spiro atoms. The number of thioether (sulfide) groups is 1. The second-order valence-corrected chi connectivity index (χ2v) is 5.60. The number of benzene rings is 1. The number of nitrogens with zero attached hydrogens (tertiary/aromatic N) is 4. The molecule has 0 saturated carbocycles. The van der Waals surface area contributed by atoms with E-state index in [1.165, 1.54) is 11.8 Å². The van der Waals surface area contributed by atoms with E-state index in [-0.39, 0.29) is 0 Å². The van der Waals surface area contributed by atoms with Crippen molar-refractivity contribution in [3.63, 3.8) is 0 Å². The summed E-state index contributed by atoms with van der Waals surface area (Å²) < 4.78 is 5.22. The first-order valence-corrected chi connectivity index (χ1v) is 7.73. The highest BCUT2D eigenvalue weighted by Crippen LogP contribution is 2.22. The van der Waals surface area contributed by atoms with E-state index in [1.807, 2.05) is 19.1 Å². The fourth-order valence-corrected chi connectivity index (χ4v) is 2.44. The van der Waals surface area contributed by atoms with Gasteiger partial charge in [0.15, 0.2) is 0 Å². The summed E-state index contributed by atoms with van der Waals surface area (Å²) in [6.07, 6.45) is 0.828. The summed E-state index contributed by atoms with van der Waals surface area (Å²) in [5.74, 6) is 2.48. The highest BCUT2D eigenvalue weighted by Gasteiger charge is 2.10. The molecule has 0 unspecified atom stereocenters. The lowest BCUT2D eigenvalue weighted by atomic mass is 10.2. The number of H-pyrrole nitrogens is 1. The van der Waals surface area contributed by atoms with E-state index in [0.717, 1.165) is 17.8 Å². The molecule has 0 saturated heterocycles. The summed E-state index contributed by atoms with van der Waals surface area (Å²) in [7, 11) is 0. The normalized spacial score (nSPS) is 11.0. The third-order valence-electron chi connectivity index (χ3n) is 2.74. The van der Waals surface area contributed by atoms with Gasteiger partial charge < -0.3 is 4.52 Å². The predicted octanol–water partition coefficient (Wildman–Crippen LogP) is 3.36. The lowest BCUT2D eigenvalue weighted by Crippen LogP contribution is -1.84. The van der Waals surface area contributed by atoms with Crippen LogP contribution in [0.5, 0.6) is 0 Å². The van der Waals surface area contributed by atoms with Crippen LogP contribution in [0.2, 0.25) is 5.02 Å². The Morgan fingerprint density at radius 2 is 2.05 bits per heavy atom. The second kappa shape index (κ2) is 6.28. The lowest BCUT2D eigenvalue weighted by Gasteiger charge is -1.93. The average Bonchev–Trinajstić information content (AvgIpc) is 3.15. The molecule has 2 aromatic heterocycles. The summed E-state index contributed by atoms with van der Waals surface area (Å²) in [6.45, 7) is 2.02. The Morgan fingerprint density at radius 1 is 1.24 bits per heavy atom. The summed E-state index contributed by atoms with van der Waals surface area (Å²) >= 11 is 7.30. The molecule has 0 radical (unpaired) electrons. The molecule has 0 bridgehead atoms. The van der Waals surface area contributed by atoms with E-state index in [2.05, 4.69) is 25.3 Å². The Labute approximate surface area is 130 Å². The maximum absolute atomic E-state index is 5.85. The van der Waals surface area contributed by atoms with Crippen LogP contribution in [0.4, 0.5) is 0 Å². The molecule has 6 nitrogen and oxygen atoms in total. The van der Waals surface area contributed by atoms with Crippen molar-refractivity contribution in [3.8, 4) is 11.4 Å². The van der Waals surface area contributed by atoms with Gasteiger partial charge in [0.2, 0.25) is 16.9 Å². The second-order valence-electron chi connectivity index (χ2n) is 4.23. The zero-order valence-electron chi connectivity index (χ0n) is 11.2. The molecule has 0 atom stereocenters. The van der Waals surface area contributed by atoms with Crippen molar-refractivity contribution < 1.29 is 4.52 Å². The molecule has 21 heavy (non-hydrogen) atoms. The van der Waals surface area contributed by atoms with Gasteiger partial charge in [0.25, 0.3) is 0 Å². The van der Waals surface area contributed by atoms with Gasteiger partial charge in [-0.15, -0.1) is 5.10 Å². The molecular weight excluding hydrogens is 310 g/mol. The van der Waals surface area contributed by atoms with Crippen LogP contribution in [-0.2, 0) is 12.2 Å². The molecule has 0 fully saturated rings. The number of nitrogens with one attached hydrogen (secondary N) is 1. The Morgan fingerprint density at radius 3 is 2.76 bits per heavy atom. The summed E-state index contributed by atoms with van der Waals surface area (Å²) in [6, 6.07) is 7.29. The van der Waals surface area contributed by atoms with Crippen LogP contribution in [0.15, 0.2) is 33.9 Å². The smallest absolute Gasteiger partial charge is 0.237 e. The van der Waals surface area contributed by atoms with Gasteiger partial charge in [0.1, 0.15) is 5.82 Å². The van der Waals surface area contributed by atoms with Crippen LogP contribution in [0.1, 0.15) is 18.6 Å². The molecule has 2 heterocycles. The van der Waals surface area contributed by atoms with Crippen LogP contribution in [0.3, 0.4) is 0 Å². The van der Waals surface area contributed by atoms with Gasteiger partial charge in [-0.05, 0) is 24.3 Å². The number of aryl methyl sites for hydroxylation is 1. The minimum atomic E-state index is 0.529. The molecule has 3 aromatic rings. The fourth-order valence-electron chi connectivity index (χ4n) is 1.66.